The first-order chi connectivity index (χ1) is 15.3. The highest BCUT2D eigenvalue weighted by Crippen LogP contribution is 2.36. The van der Waals surface area contributed by atoms with Crippen LogP contribution in [0.1, 0.15) is 28.8 Å². The van der Waals surface area contributed by atoms with E-state index in [9.17, 15) is 18.8 Å². The molecule has 32 heavy (non-hydrogen) atoms. The SMILES string of the molecule is Cn1cnc(-c2ccc3c(c2)CN(C2CCC(=O)NC2=O)C3=O)c1-c1cc(Cl)ccc1F. The fourth-order valence-electron chi connectivity index (χ4n) is 4.36. The standard InChI is InChI=1S/C23H18ClFN4O3/c1-28-11-26-20(21(28)16-9-14(24)3-5-17(16)25)12-2-4-15-13(8-12)10-29(23(15)32)18-6-7-19(30)27-22(18)31/h2-5,8-9,11,18H,6-7,10H2,1H3,(H,27,30,31). The highest BCUT2D eigenvalue weighted by Gasteiger charge is 2.39. The number of aromatic nitrogens is 2. The number of fused-ring (bicyclic) bond motifs is 1. The highest BCUT2D eigenvalue weighted by atomic mass is 35.5. The van der Waals surface area contributed by atoms with Gasteiger partial charge in [0.25, 0.3) is 5.91 Å². The maximum atomic E-state index is 14.6. The van der Waals surface area contributed by atoms with E-state index in [0.717, 1.165) is 11.1 Å². The minimum absolute atomic E-state index is 0.199. The van der Waals surface area contributed by atoms with Crippen molar-refractivity contribution in [3.05, 3.63) is 64.7 Å². The van der Waals surface area contributed by atoms with Gasteiger partial charge in [-0.3, -0.25) is 19.7 Å². The molecule has 2 aliphatic heterocycles. The molecule has 1 fully saturated rings. The Kier molecular flexibility index (Phi) is 4.82. The summed E-state index contributed by atoms with van der Waals surface area (Å²) >= 11 is 6.09. The van der Waals surface area contributed by atoms with Crippen molar-refractivity contribution in [1.82, 2.24) is 19.8 Å². The first-order valence-corrected chi connectivity index (χ1v) is 10.5. The number of hydrogen-bond donors (Lipinski definition) is 1. The van der Waals surface area contributed by atoms with Crippen LogP contribution in [0.4, 0.5) is 4.39 Å². The van der Waals surface area contributed by atoms with Crippen molar-refractivity contribution in [3.8, 4) is 22.5 Å². The Morgan fingerprint density at radius 2 is 1.94 bits per heavy atom. The van der Waals surface area contributed by atoms with Gasteiger partial charge in [-0.25, -0.2) is 9.37 Å². The van der Waals surface area contributed by atoms with Gasteiger partial charge in [0, 0.05) is 41.7 Å². The van der Waals surface area contributed by atoms with Crippen LogP contribution in [0.25, 0.3) is 22.5 Å². The van der Waals surface area contributed by atoms with E-state index in [2.05, 4.69) is 10.3 Å². The van der Waals surface area contributed by atoms with Crippen LogP contribution in [0.3, 0.4) is 0 Å². The molecule has 5 rings (SSSR count). The number of carbonyl (C=O) groups excluding carboxylic acids is 3. The molecule has 162 valence electrons. The normalized spacial score (nSPS) is 18.2. The minimum Gasteiger partial charge on any atom is -0.333 e. The first kappa shape index (κ1) is 20.4. The lowest BCUT2D eigenvalue weighted by Crippen LogP contribution is -2.52. The van der Waals surface area contributed by atoms with Crippen LogP contribution in [-0.2, 0) is 23.2 Å². The molecule has 1 atom stereocenters. The smallest absolute Gasteiger partial charge is 0.255 e. The molecule has 0 aliphatic carbocycles. The molecule has 1 saturated heterocycles. The highest BCUT2D eigenvalue weighted by molar-refractivity contribution is 6.30. The third-order valence-corrected chi connectivity index (χ3v) is 6.15. The molecule has 2 aliphatic rings. The van der Waals surface area contributed by atoms with Crippen molar-refractivity contribution in [3.63, 3.8) is 0 Å². The number of piperidine rings is 1. The van der Waals surface area contributed by atoms with Crippen molar-refractivity contribution < 1.29 is 18.8 Å². The van der Waals surface area contributed by atoms with Gasteiger partial charge in [0.15, 0.2) is 0 Å². The Bertz CT molecular complexity index is 1300. The summed E-state index contributed by atoms with van der Waals surface area (Å²) in [5, 5.41) is 2.71. The minimum atomic E-state index is -0.679. The molecule has 3 aromatic rings. The van der Waals surface area contributed by atoms with Gasteiger partial charge >= 0.3 is 0 Å². The van der Waals surface area contributed by atoms with Crippen LogP contribution in [0, 0.1) is 5.82 Å². The zero-order valence-corrected chi connectivity index (χ0v) is 17.8. The molecular weight excluding hydrogens is 435 g/mol. The van der Waals surface area contributed by atoms with Crippen LogP contribution in [-0.4, -0.2) is 38.2 Å². The van der Waals surface area contributed by atoms with Crippen LogP contribution >= 0.6 is 11.6 Å². The monoisotopic (exact) mass is 452 g/mol. The number of halogens is 2. The molecule has 1 N–H and O–H groups in total. The second-order valence-electron chi connectivity index (χ2n) is 7.95. The lowest BCUT2D eigenvalue weighted by Gasteiger charge is -2.29. The largest absolute Gasteiger partial charge is 0.333 e. The van der Waals surface area contributed by atoms with Gasteiger partial charge in [-0.15, -0.1) is 0 Å². The molecule has 9 heteroatoms. The van der Waals surface area contributed by atoms with Crippen molar-refractivity contribution in [1.29, 1.82) is 0 Å². The Morgan fingerprint density at radius 1 is 1.12 bits per heavy atom. The zero-order valence-electron chi connectivity index (χ0n) is 17.1. The Labute approximate surface area is 187 Å². The summed E-state index contributed by atoms with van der Waals surface area (Å²) in [5.74, 6) is -1.44. The quantitative estimate of drug-likeness (QED) is 0.618. The first-order valence-electron chi connectivity index (χ1n) is 10.1. The van der Waals surface area contributed by atoms with E-state index < -0.39 is 17.8 Å². The third-order valence-electron chi connectivity index (χ3n) is 5.92. The lowest BCUT2D eigenvalue weighted by molar-refractivity contribution is -0.136. The summed E-state index contributed by atoms with van der Waals surface area (Å²) in [6, 6.07) is 8.98. The molecule has 1 aromatic heterocycles. The number of hydrogen-bond acceptors (Lipinski definition) is 4. The molecule has 1 unspecified atom stereocenters. The second-order valence-corrected chi connectivity index (χ2v) is 8.39. The van der Waals surface area contributed by atoms with E-state index in [1.807, 2.05) is 6.07 Å². The van der Waals surface area contributed by atoms with Crippen molar-refractivity contribution in [2.75, 3.05) is 0 Å². The van der Waals surface area contributed by atoms with Gasteiger partial charge in [-0.05, 0) is 42.3 Å². The Hall–Kier alpha value is -3.52. The summed E-state index contributed by atoms with van der Waals surface area (Å²) in [4.78, 5) is 42.6. The lowest BCUT2D eigenvalue weighted by atomic mass is 10.0. The number of nitrogens with one attached hydrogen (secondary N) is 1. The molecule has 7 nitrogen and oxygen atoms in total. The number of benzene rings is 2. The number of rotatable bonds is 3. The van der Waals surface area contributed by atoms with E-state index in [-0.39, 0.29) is 24.8 Å². The Balaban J connectivity index is 1.52. The number of nitrogens with zero attached hydrogens (tertiary/aromatic N) is 3. The van der Waals surface area contributed by atoms with Crippen LogP contribution < -0.4 is 5.32 Å². The van der Waals surface area contributed by atoms with Gasteiger partial charge in [-0.2, -0.15) is 0 Å². The molecule has 3 amide bonds. The van der Waals surface area contributed by atoms with Crippen molar-refractivity contribution in [2.45, 2.75) is 25.4 Å². The molecule has 0 spiro atoms. The van der Waals surface area contributed by atoms with Crippen LogP contribution in [0.2, 0.25) is 5.02 Å². The molecule has 0 radical (unpaired) electrons. The van der Waals surface area contributed by atoms with Crippen molar-refractivity contribution in [2.24, 2.45) is 7.05 Å². The number of imide groups is 1. The van der Waals surface area contributed by atoms with Crippen molar-refractivity contribution >= 4 is 29.3 Å². The van der Waals surface area contributed by atoms with Gasteiger partial charge in [0.05, 0.1) is 17.7 Å². The molecule has 2 aromatic carbocycles. The maximum absolute atomic E-state index is 14.6. The summed E-state index contributed by atoms with van der Waals surface area (Å²) in [5.41, 5.74) is 3.43. The Morgan fingerprint density at radius 3 is 2.72 bits per heavy atom. The second kappa shape index (κ2) is 7.56. The predicted octanol–water partition coefficient (Wildman–Crippen LogP) is 3.31. The van der Waals surface area contributed by atoms with E-state index in [0.29, 0.717) is 34.0 Å². The van der Waals surface area contributed by atoms with Gasteiger partial charge in [0.1, 0.15) is 11.9 Å². The summed E-state index contributed by atoms with van der Waals surface area (Å²) in [7, 11) is 1.77. The fourth-order valence-corrected chi connectivity index (χ4v) is 4.53. The number of carbonyl (C=O) groups is 3. The third kappa shape index (κ3) is 3.27. The summed E-state index contributed by atoms with van der Waals surface area (Å²) < 4.78 is 16.3. The summed E-state index contributed by atoms with van der Waals surface area (Å²) in [6.45, 7) is 0.252. The number of aryl methyl sites for hydroxylation is 1. The molecule has 3 heterocycles. The molecule has 0 bridgehead atoms. The van der Waals surface area contributed by atoms with E-state index in [4.69, 9.17) is 11.6 Å². The molecule has 0 saturated carbocycles. The topological polar surface area (TPSA) is 84.3 Å². The predicted molar refractivity (Wildman–Crippen MR) is 115 cm³/mol. The zero-order chi connectivity index (χ0) is 22.6. The maximum Gasteiger partial charge on any atom is 0.255 e. The summed E-state index contributed by atoms with van der Waals surface area (Å²) in [6.07, 6.45) is 2.10. The van der Waals surface area contributed by atoms with Crippen LogP contribution in [0.5, 0.6) is 0 Å². The van der Waals surface area contributed by atoms with E-state index >= 15 is 0 Å². The number of amides is 3. The fraction of sp³-hybridized carbons (Fsp3) is 0.217. The average Bonchev–Trinajstić information content (AvgIpc) is 3.29. The van der Waals surface area contributed by atoms with Crippen LogP contribution in [0.15, 0.2) is 42.7 Å². The molecular formula is C23H18ClFN4O3. The van der Waals surface area contributed by atoms with E-state index in [1.165, 1.54) is 17.0 Å². The van der Waals surface area contributed by atoms with Gasteiger partial charge in [0.2, 0.25) is 11.8 Å². The van der Waals surface area contributed by atoms with E-state index in [1.54, 1.807) is 36.1 Å². The van der Waals surface area contributed by atoms with Gasteiger partial charge in [-0.1, -0.05) is 17.7 Å². The number of imidazole rings is 1. The van der Waals surface area contributed by atoms with Gasteiger partial charge < -0.3 is 9.47 Å². The average molecular weight is 453 g/mol.